The van der Waals surface area contributed by atoms with E-state index in [1.165, 1.54) is 16.3 Å². The lowest BCUT2D eigenvalue weighted by Crippen LogP contribution is -2.39. The van der Waals surface area contributed by atoms with E-state index in [1.807, 2.05) is 42.5 Å². The lowest BCUT2D eigenvalue weighted by atomic mass is 9.96. The van der Waals surface area contributed by atoms with E-state index >= 15 is 0 Å². The maximum absolute atomic E-state index is 12.4. The highest BCUT2D eigenvalue weighted by molar-refractivity contribution is 5.95. The first-order valence-electron chi connectivity index (χ1n) is 8.16. The van der Waals surface area contributed by atoms with Crippen molar-refractivity contribution in [2.75, 3.05) is 5.32 Å². The maximum atomic E-state index is 12.4. The van der Waals surface area contributed by atoms with Gasteiger partial charge in [0, 0.05) is 11.7 Å². The van der Waals surface area contributed by atoms with Crippen molar-refractivity contribution in [2.45, 2.75) is 18.5 Å². The molecule has 3 aromatic rings. The Morgan fingerprint density at radius 3 is 2.50 bits per heavy atom. The number of amides is 1. The number of para-hydroxylation sites is 1. The Labute approximate surface area is 140 Å². The summed E-state index contributed by atoms with van der Waals surface area (Å²) in [5.41, 5.74) is 8.43. The van der Waals surface area contributed by atoms with Crippen molar-refractivity contribution in [2.24, 2.45) is 0 Å². The monoisotopic (exact) mass is 317 g/mol. The van der Waals surface area contributed by atoms with Crippen molar-refractivity contribution in [3.63, 3.8) is 0 Å². The van der Waals surface area contributed by atoms with E-state index in [0.29, 0.717) is 6.42 Å². The molecule has 0 aromatic heterocycles. The number of fused-ring (bicyclic) bond motifs is 1. The van der Waals surface area contributed by atoms with Crippen LogP contribution < -0.4 is 16.2 Å². The average molecular weight is 317 g/mol. The smallest absolute Gasteiger partial charge is 0.242 e. The van der Waals surface area contributed by atoms with E-state index in [4.69, 9.17) is 0 Å². The van der Waals surface area contributed by atoms with Gasteiger partial charge >= 0.3 is 0 Å². The van der Waals surface area contributed by atoms with Gasteiger partial charge in [-0.3, -0.25) is 4.79 Å². The summed E-state index contributed by atoms with van der Waals surface area (Å²) in [6.07, 6.45) is 0.715. The van der Waals surface area contributed by atoms with Gasteiger partial charge in [0.2, 0.25) is 5.91 Å². The Balaban J connectivity index is 1.51. The number of anilines is 1. The Morgan fingerprint density at radius 2 is 1.62 bits per heavy atom. The van der Waals surface area contributed by atoms with Crippen molar-refractivity contribution in [1.29, 1.82) is 0 Å². The molecule has 0 bridgehead atoms. The van der Waals surface area contributed by atoms with Gasteiger partial charge in [-0.25, -0.2) is 10.9 Å². The third-order valence-electron chi connectivity index (χ3n) is 4.46. The predicted octanol–water partition coefficient (Wildman–Crippen LogP) is 3.39. The standard InChI is InChI=1S/C20H19N3O/c24-20(21-15-9-2-1-3-10-15)19-13-18(22-23-19)17-12-6-8-14-7-4-5-11-16(14)17/h1-12,18-19,22-23H,13H2,(H,21,24). The summed E-state index contributed by atoms with van der Waals surface area (Å²) in [4.78, 5) is 12.4. The number of hydrogen-bond donors (Lipinski definition) is 3. The van der Waals surface area contributed by atoms with Gasteiger partial charge in [-0.2, -0.15) is 0 Å². The van der Waals surface area contributed by atoms with Crippen molar-refractivity contribution >= 4 is 22.4 Å². The van der Waals surface area contributed by atoms with Crippen LogP contribution in [-0.2, 0) is 4.79 Å². The average Bonchev–Trinajstić information content (AvgIpc) is 3.12. The SMILES string of the molecule is O=C(Nc1ccccc1)C1CC(c2cccc3ccccc23)NN1. The van der Waals surface area contributed by atoms with Crippen LogP contribution in [0.4, 0.5) is 5.69 Å². The quantitative estimate of drug-likeness (QED) is 0.694. The number of rotatable bonds is 3. The van der Waals surface area contributed by atoms with Crippen LogP contribution in [0.5, 0.6) is 0 Å². The second kappa shape index (κ2) is 6.43. The lowest BCUT2D eigenvalue weighted by molar-refractivity contribution is -0.117. The number of hydrazine groups is 1. The van der Waals surface area contributed by atoms with Crippen LogP contribution in [0.1, 0.15) is 18.0 Å². The first-order chi connectivity index (χ1) is 11.8. The number of carbonyl (C=O) groups is 1. The van der Waals surface area contributed by atoms with Gasteiger partial charge in [-0.05, 0) is 34.9 Å². The minimum Gasteiger partial charge on any atom is -0.325 e. The van der Waals surface area contributed by atoms with Gasteiger partial charge in [0.05, 0.1) is 0 Å². The topological polar surface area (TPSA) is 53.2 Å². The largest absolute Gasteiger partial charge is 0.325 e. The summed E-state index contributed by atoms with van der Waals surface area (Å²) in [6, 6.07) is 24.0. The van der Waals surface area contributed by atoms with E-state index < -0.39 is 0 Å². The second-order valence-electron chi connectivity index (χ2n) is 6.05. The summed E-state index contributed by atoms with van der Waals surface area (Å²) in [7, 11) is 0. The van der Waals surface area contributed by atoms with Crippen LogP contribution in [-0.4, -0.2) is 11.9 Å². The van der Waals surface area contributed by atoms with Crippen LogP contribution in [0.3, 0.4) is 0 Å². The van der Waals surface area contributed by atoms with Gasteiger partial charge in [0.15, 0.2) is 0 Å². The van der Waals surface area contributed by atoms with Crippen LogP contribution in [0.25, 0.3) is 10.8 Å². The van der Waals surface area contributed by atoms with Gasteiger partial charge in [-0.15, -0.1) is 0 Å². The molecule has 2 unspecified atom stereocenters. The zero-order chi connectivity index (χ0) is 16.4. The molecule has 1 amide bonds. The molecule has 4 nitrogen and oxygen atoms in total. The molecule has 3 aromatic carbocycles. The predicted molar refractivity (Wildman–Crippen MR) is 96.4 cm³/mol. The normalized spacial score (nSPS) is 20.2. The van der Waals surface area contributed by atoms with Gasteiger partial charge in [0.25, 0.3) is 0 Å². The molecule has 1 aliphatic heterocycles. The fourth-order valence-electron chi connectivity index (χ4n) is 3.24. The van der Waals surface area contributed by atoms with Crippen LogP contribution in [0.15, 0.2) is 72.8 Å². The molecule has 1 aliphatic rings. The Hall–Kier alpha value is -2.69. The Bertz CT molecular complexity index is 858. The highest BCUT2D eigenvalue weighted by Gasteiger charge is 2.30. The summed E-state index contributed by atoms with van der Waals surface area (Å²) in [6.45, 7) is 0. The molecule has 1 heterocycles. The van der Waals surface area contributed by atoms with Gasteiger partial charge < -0.3 is 5.32 Å². The number of carbonyl (C=O) groups excluding carboxylic acids is 1. The molecule has 120 valence electrons. The molecule has 0 radical (unpaired) electrons. The lowest BCUT2D eigenvalue weighted by Gasteiger charge is -2.13. The Kier molecular flexibility index (Phi) is 3.99. The van der Waals surface area contributed by atoms with Crippen molar-refractivity contribution < 1.29 is 4.79 Å². The van der Waals surface area contributed by atoms with Crippen LogP contribution in [0.2, 0.25) is 0 Å². The van der Waals surface area contributed by atoms with Crippen molar-refractivity contribution in [3.05, 3.63) is 78.4 Å². The fourth-order valence-corrected chi connectivity index (χ4v) is 3.24. The molecule has 1 fully saturated rings. The molecule has 0 saturated carbocycles. The van der Waals surface area contributed by atoms with Crippen molar-refractivity contribution in [1.82, 2.24) is 10.9 Å². The third-order valence-corrected chi connectivity index (χ3v) is 4.46. The molecule has 24 heavy (non-hydrogen) atoms. The first-order valence-corrected chi connectivity index (χ1v) is 8.16. The molecule has 4 rings (SSSR count). The molecule has 4 heteroatoms. The number of nitrogens with one attached hydrogen (secondary N) is 3. The minimum absolute atomic E-state index is 0.0172. The number of hydrogen-bond acceptors (Lipinski definition) is 3. The van der Waals surface area contributed by atoms with E-state index in [9.17, 15) is 4.79 Å². The van der Waals surface area contributed by atoms with Crippen LogP contribution >= 0.6 is 0 Å². The molecular weight excluding hydrogens is 298 g/mol. The van der Waals surface area contributed by atoms with Gasteiger partial charge in [0.1, 0.15) is 6.04 Å². The minimum atomic E-state index is -0.255. The van der Waals surface area contributed by atoms with Crippen LogP contribution in [0, 0.1) is 0 Å². The van der Waals surface area contributed by atoms with Crippen molar-refractivity contribution in [3.8, 4) is 0 Å². The highest BCUT2D eigenvalue weighted by Crippen LogP contribution is 2.29. The van der Waals surface area contributed by atoms with E-state index in [0.717, 1.165) is 5.69 Å². The van der Waals surface area contributed by atoms with E-state index in [-0.39, 0.29) is 18.0 Å². The summed E-state index contributed by atoms with van der Waals surface area (Å²) < 4.78 is 0. The Morgan fingerprint density at radius 1 is 0.875 bits per heavy atom. The molecule has 3 N–H and O–H groups in total. The van der Waals surface area contributed by atoms with E-state index in [1.54, 1.807) is 0 Å². The zero-order valence-electron chi connectivity index (χ0n) is 13.2. The number of benzene rings is 3. The molecule has 0 spiro atoms. The highest BCUT2D eigenvalue weighted by atomic mass is 16.2. The van der Waals surface area contributed by atoms with E-state index in [2.05, 4.69) is 46.5 Å². The molecular formula is C20H19N3O. The summed E-state index contributed by atoms with van der Waals surface area (Å²) in [5, 5.41) is 5.39. The molecule has 0 aliphatic carbocycles. The zero-order valence-corrected chi connectivity index (χ0v) is 13.2. The summed E-state index contributed by atoms with van der Waals surface area (Å²) >= 11 is 0. The fraction of sp³-hybridized carbons (Fsp3) is 0.150. The third kappa shape index (κ3) is 2.89. The summed E-state index contributed by atoms with van der Waals surface area (Å²) in [5.74, 6) is -0.0172. The molecule has 2 atom stereocenters. The van der Waals surface area contributed by atoms with Gasteiger partial charge in [-0.1, -0.05) is 60.7 Å². The second-order valence-corrected chi connectivity index (χ2v) is 6.05. The molecule has 1 saturated heterocycles. The maximum Gasteiger partial charge on any atom is 0.242 e. The first kappa shape index (κ1) is 14.9.